The Hall–Kier alpha value is -2.82. The molecule has 0 saturated carbocycles. The van der Waals surface area contributed by atoms with Gasteiger partial charge >= 0.3 is 6.11 Å². The predicted octanol–water partition coefficient (Wildman–Crippen LogP) is 6.48. The molecule has 3 aromatic rings. The molecule has 3 aromatic carbocycles. The van der Waals surface area contributed by atoms with E-state index in [1.807, 2.05) is 6.92 Å². The molecular weight excluding hydrogens is 344 g/mol. The van der Waals surface area contributed by atoms with E-state index < -0.39 is 17.7 Å². The topological polar surface area (TPSA) is 9.23 Å². The summed E-state index contributed by atoms with van der Waals surface area (Å²) in [6, 6.07) is 11.5. The van der Waals surface area contributed by atoms with E-state index in [4.69, 9.17) is 4.74 Å². The van der Waals surface area contributed by atoms with E-state index in [9.17, 15) is 17.6 Å². The summed E-state index contributed by atoms with van der Waals surface area (Å²) in [6.45, 7) is 3.12. The molecule has 26 heavy (non-hydrogen) atoms. The minimum Gasteiger partial charge on any atom is -0.428 e. The SMILES string of the molecule is CC1=Cc2ccc3cc(-c4ccc(C)cc4)c(F)c(F)c3c2OC1(F)F. The van der Waals surface area contributed by atoms with Crippen LogP contribution >= 0.6 is 0 Å². The van der Waals surface area contributed by atoms with E-state index in [1.54, 1.807) is 36.4 Å². The smallest absolute Gasteiger partial charge is 0.422 e. The van der Waals surface area contributed by atoms with Gasteiger partial charge in [-0.1, -0.05) is 42.0 Å². The van der Waals surface area contributed by atoms with Gasteiger partial charge in [0, 0.05) is 16.7 Å². The second-order valence-electron chi connectivity index (χ2n) is 6.45. The highest BCUT2D eigenvalue weighted by Crippen LogP contribution is 2.44. The summed E-state index contributed by atoms with van der Waals surface area (Å²) in [5.41, 5.74) is 1.57. The van der Waals surface area contributed by atoms with Crippen molar-refractivity contribution >= 4 is 16.8 Å². The van der Waals surface area contributed by atoms with Crippen LogP contribution in [0.2, 0.25) is 0 Å². The molecule has 0 aliphatic carbocycles. The van der Waals surface area contributed by atoms with Crippen LogP contribution in [0.3, 0.4) is 0 Å². The number of halogens is 4. The van der Waals surface area contributed by atoms with Crippen LogP contribution in [0, 0.1) is 18.6 Å². The van der Waals surface area contributed by atoms with Gasteiger partial charge in [-0.25, -0.2) is 8.78 Å². The van der Waals surface area contributed by atoms with Gasteiger partial charge in [0.05, 0.1) is 5.39 Å². The third kappa shape index (κ3) is 2.46. The molecule has 5 heteroatoms. The summed E-state index contributed by atoms with van der Waals surface area (Å²) in [5.74, 6) is -2.63. The van der Waals surface area contributed by atoms with Gasteiger partial charge in [0.2, 0.25) is 0 Å². The Bertz CT molecular complexity index is 1070. The van der Waals surface area contributed by atoms with Crippen molar-refractivity contribution in [2.75, 3.05) is 0 Å². The van der Waals surface area contributed by atoms with E-state index in [2.05, 4.69) is 0 Å². The fourth-order valence-corrected chi connectivity index (χ4v) is 3.10. The Balaban J connectivity index is 1.99. The average molecular weight is 358 g/mol. The highest BCUT2D eigenvalue weighted by Gasteiger charge is 2.39. The quantitative estimate of drug-likeness (QED) is 0.452. The Morgan fingerprint density at radius 3 is 2.27 bits per heavy atom. The second kappa shape index (κ2) is 5.59. The van der Waals surface area contributed by atoms with Crippen LogP contribution in [0.4, 0.5) is 17.6 Å². The number of fused-ring (bicyclic) bond motifs is 3. The van der Waals surface area contributed by atoms with Crippen molar-refractivity contribution in [1.29, 1.82) is 0 Å². The van der Waals surface area contributed by atoms with Gasteiger partial charge in [-0.15, -0.1) is 0 Å². The molecule has 0 atom stereocenters. The molecule has 0 amide bonds. The number of hydrogen-bond donors (Lipinski definition) is 0. The van der Waals surface area contributed by atoms with Gasteiger partial charge in [0.25, 0.3) is 0 Å². The third-order valence-electron chi connectivity index (χ3n) is 4.59. The summed E-state index contributed by atoms with van der Waals surface area (Å²) in [7, 11) is 0. The van der Waals surface area contributed by atoms with Crippen molar-refractivity contribution in [1.82, 2.24) is 0 Å². The Labute approximate surface area is 147 Å². The summed E-state index contributed by atoms with van der Waals surface area (Å²) in [6.07, 6.45) is -2.33. The normalized spacial score (nSPS) is 15.4. The number of benzene rings is 3. The van der Waals surface area contributed by atoms with Crippen LogP contribution in [-0.2, 0) is 0 Å². The Kier molecular flexibility index (Phi) is 3.58. The lowest BCUT2D eigenvalue weighted by Gasteiger charge is -2.26. The monoisotopic (exact) mass is 358 g/mol. The number of hydrogen-bond acceptors (Lipinski definition) is 1. The zero-order valence-electron chi connectivity index (χ0n) is 14.0. The zero-order valence-corrected chi connectivity index (χ0v) is 14.0. The van der Waals surface area contributed by atoms with Gasteiger partial charge in [0.1, 0.15) is 5.75 Å². The third-order valence-corrected chi connectivity index (χ3v) is 4.59. The lowest BCUT2D eigenvalue weighted by molar-refractivity contribution is -0.142. The standard InChI is InChI=1S/C21H14F4O/c1-11-3-5-13(6-4-11)16-10-14-7-8-15-9-12(2)21(24,25)26-20(15)17(14)19(23)18(16)22/h3-10H,1-2H3. The molecule has 0 bridgehead atoms. The van der Waals surface area contributed by atoms with Gasteiger partial charge in [-0.2, -0.15) is 8.78 Å². The predicted molar refractivity (Wildman–Crippen MR) is 93.3 cm³/mol. The van der Waals surface area contributed by atoms with Crippen LogP contribution in [0.1, 0.15) is 18.1 Å². The van der Waals surface area contributed by atoms with Crippen molar-refractivity contribution in [3.8, 4) is 16.9 Å². The second-order valence-corrected chi connectivity index (χ2v) is 6.45. The van der Waals surface area contributed by atoms with E-state index in [-0.39, 0.29) is 22.3 Å². The summed E-state index contributed by atoms with van der Waals surface area (Å²) in [5, 5.41) is 0.0151. The van der Waals surface area contributed by atoms with E-state index in [1.165, 1.54) is 19.1 Å². The van der Waals surface area contributed by atoms with Crippen LogP contribution in [0.25, 0.3) is 28.0 Å². The van der Waals surface area contributed by atoms with Crippen LogP contribution in [-0.4, -0.2) is 6.11 Å². The van der Waals surface area contributed by atoms with Crippen molar-refractivity contribution in [3.05, 3.63) is 70.8 Å². The molecule has 4 rings (SSSR count). The van der Waals surface area contributed by atoms with Crippen LogP contribution < -0.4 is 4.74 Å². The number of rotatable bonds is 1. The summed E-state index contributed by atoms with van der Waals surface area (Å²) in [4.78, 5) is 0. The largest absolute Gasteiger partial charge is 0.428 e. The Morgan fingerprint density at radius 1 is 0.885 bits per heavy atom. The van der Waals surface area contributed by atoms with Crippen molar-refractivity contribution in [2.24, 2.45) is 0 Å². The van der Waals surface area contributed by atoms with Crippen LogP contribution in [0.15, 0.2) is 48.0 Å². The van der Waals surface area contributed by atoms with Crippen molar-refractivity contribution < 1.29 is 22.3 Å². The molecule has 0 spiro atoms. The fourth-order valence-electron chi connectivity index (χ4n) is 3.10. The molecule has 0 aromatic heterocycles. The molecule has 0 saturated heterocycles. The molecule has 0 fully saturated rings. The first-order chi connectivity index (χ1) is 12.3. The molecule has 0 radical (unpaired) electrons. The molecule has 0 unspecified atom stereocenters. The maximum absolute atomic E-state index is 14.8. The lowest BCUT2D eigenvalue weighted by Crippen LogP contribution is -2.29. The molecule has 1 heterocycles. The first-order valence-electron chi connectivity index (χ1n) is 8.05. The first-order valence-corrected chi connectivity index (χ1v) is 8.05. The zero-order chi connectivity index (χ0) is 18.6. The van der Waals surface area contributed by atoms with Crippen molar-refractivity contribution in [2.45, 2.75) is 20.0 Å². The molecule has 1 nitrogen and oxygen atoms in total. The summed E-state index contributed by atoms with van der Waals surface area (Å²) < 4.78 is 62.1. The number of aryl methyl sites for hydroxylation is 1. The number of ether oxygens (including phenoxy) is 1. The minimum absolute atomic E-state index is 0.0734. The van der Waals surface area contributed by atoms with Gasteiger partial charge in [-0.05, 0) is 36.9 Å². The first kappa shape index (κ1) is 16.6. The highest BCUT2D eigenvalue weighted by molar-refractivity contribution is 5.96. The fraction of sp³-hybridized carbons (Fsp3) is 0.143. The van der Waals surface area contributed by atoms with Crippen LogP contribution in [0.5, 0.6) is 5.75 Å². The van der Waals surface area contributed by atoms with Gasteiger partial charge < -0.3 is 4.74 Å². The average Bonchev–Trinajstić information content (AvgIpc) is 2.59. The molecule has 0 N–H and O–H groups in total. The summed E-state index contributed by atoms with van der Waals surface area (Å²) >= 11 is 0. The van der Waals surface area contributed by atoms with Gasteiger partial charge in [-0.3, -0.25) is 0 Å². The molecule has 132 valence electrons. The lowest BCUT2D eigenvalue weighted by atomic mass is 9.96. The number of alkyl halides is 2. The van der Waals surface area contributed by atoms with E-state index in [0.29, 0.717) is 16.5 Å². The van der Waals surface area contributed by atoms with Gasteiger partial charge in [0.15, 0.2) is 11.6 Å². The maximum atomic E-state index is 14.8. The molecule has 1 aliphatic rings. The molecule has 1 aliphatic heterocycles. The van der Waals surface area contributed by atoms with E-state index in [0.717, 1.165) is 5.56 Å². The van der Waals surface area contributed by atoms with Crippen molar-refractivity contribution in [3.63, 3.8) is 0 Å². The molecular formula is C21H14F4O. The highest BCUT2D eigenvalue weighted by atomic mass is 19.3. The Morgan fingerprint density at radius 2 is 1.58 bits per heavy atom. The minimum atomic E-state index is -3.56. The maximum Gasteiger partial charge on any atom is 0.422 e. The van der Waals surface area contributed by atoms with E-state index >= 15 is 0 Å².